The van der Waals surface area contributed by atoms with E-state index < -0.39 is 0 Å². The number of hydrogen-bond acceptors (Lipinski definition) is 5. The minimum atomic E-state index is 0.0967. The van der Waals surface area contributed by atoms with Crippen molar-refractivity contribution < 1.29 is 9.47 Å². The van der Waals surface area contributed by atoms with Crippen LogP contribution in [0.1, 0.15) is 42.0 Å². The van der Waals surface area contributed by atoms with Crippen LogP contribution in [0.2, 0.25) is 0 Å². The third-order valence-electron chi connectivity index (χ3n) is 7.00. The van der Waals surface area contributed by atoms with Crippen molar-refractivity contribution in [2.45, 2.75) is 25.3 Å². The van der Waals surface area contributed by atoms with Crippen LogP contribution in [-0.2, 0) is 0 Å². The van der Waals surface area contributed by atoms with Gasteiger partial charge in [-0.1, -0.05) is 66.4 Å². The molecule has 0 fully saturated rings. The van der Waals surface area contributed by atoms with Gasteiger partial charge in [-0.25, -0.2) is 4.99 Å². The lowest BCUT2D eigenvalue weighted by molar-refractivity contribution is 0.413. The Morgan fingerprint density at radius 3 is 2.25 bits per heavy atom. The van der Waals surface area contributed by atoms with Crippen molar-refractivity contribution in [2.24, 2.45) is 4.99 Å². The van der Waals surface area contributed by atoms with E-state index in [2.05, 4.69) is 83.1 Å². The number of benzene rings is 3. The molecule has 3 aromatic carbocycles. The van der Waals surface area contributed by atoms with Crippen LogP contribution in [0.3, 0.4) is 0 Å². The Hall–Kier alpha value is -3.70. The number of methoxy groups -OCH3 is 2. The molecule has 0 spiro atoms. The van der Waals surface area contributed by atoms with Gasteiger partial charge in [-0.15, -0.1) is 0 Å². The topological polar surface area (TPSA) is 34.1 Å². The van der Waals surface area contributed by atoms with Crippen LogP contribution >= 0.6 is 11.8 Å². The molecule has 5 heteroatoms. The van der Waals surface area contributed by atoms with Crippen molar-refractivity contribution in [3.63, 3.8) is 0 Å². The summed E-state index contributed by atoms with van der Waals surface area (Å²) in [4.78, 5) is 7.71. The van der Waals surface area contributed by atoms with E-state index in [1.807, 2.05) is 12.1 Å². The Bertz CT molecular complexity index is 1390. The molecular weight excluding hydrogens is 464 g/mol. The Morgan fingerprint density at radius 2 is 1.56 bits per heavy atom. The van der Waals surface area contributed by atoms with Gasteiger partial charge >= 0.3 is 0 Å². The zero-order valence-electron chi connectivity index (χ0n) is 20.5. The van der Waals surface area contributed by atoms with Crippen LogP contribution in [-0.4, -0.2) is 24.3 Å². The fraction of sp³-hybridized carbons (Fsp3) is 0.194. The Balaban J connectivity index is 1.46. The molecule has 4 nitrogen and oxygen atoms in total. The largest absolute Gasteiger partial charge is 0.497 e. The molecule has 0 N–H and O–H groups in total. The molecule has 2 heterocycles. The van der Waals surface area contributed by atoms with Crippen LogP contribution in [0.4, 0.5) is 0 Å². The molecule has 2 aliphatic heterocycles. The molecule has 3 aliphatic rings. The fourth-order valence-corrected chi connectivity index (χ4v) is 6.15. The van der Waals surface area contributed by atoms with Crippen LogP contribution in [0.25, 0.3) is 11.8 Å². The molecule has 0 unspecified atom stereocenters. The summed E-state index contributed by atoms with van der Waals surface area (Å²) >= 11 is 1.72. The highest BCUT2D eigenvalue weighted by Crippen LogP contribution is 2.51. The molecular formula is C31H28N2O2S. The summed E-state index contributed by atoms with van der Waals surface area (Å²) in [6.07, 6.45) is 5.47. The molecule has 0 radical (unpaired) electrons. The summed E-state index contributed by atoms with van der Waals surface area (Å²) < 4.78 is 10.8. The Morgan fingerprint density at radius 1 is 0.861 bits per heavy atom. The first kappa shape index (κ1) is 22.7. The third kappa shape index (κ3) is 4.14. The maximum Gasteiger partial charge on any atom is 0.174 e. The van der Waals surface area contributed by atoms with E-state index in [4.69, 9.17) is 14.5 Å². The predicted octanol–water partition coefficient (Wildman–Crippen LogP) is 7.68. The number of rotatable bonds is 5. The first-order valence-electron chi connectivity index (χ1n) is 12.3. The van der Waals surface area contributed by atoms with Gasteiger partial charge in [0.2, 0.25) is 0 Å². The average molecular weight is 493 g/mol. The van der Waals surface area contributed by atoms with E-state index in [1.54, 1.807) is 26.0 Å². The van der Waals surface area contributed by atoms with Crippen LogP contribution in [0.15, 0.2) is 106 Å². The molecule has 1 aliphatic carbocycles. The minimum Gasteiger partial charge on any atom is -0.497 e. The molecule has 0 amide bonds. The number of thioether (sulfide) groups is 1. The maximum atomic E-state index is 5.46. The smallest absolute Gasteiger partial charge is 0.174 e. The molecule has 0 saturated carbocycles. The van der Waals surface area contributed by atoms with Crippen LogP contribution in [0.5, 0.6) is 11.5 Å². The van der Waals surface area contributed by atoms with Crippen molar-refractivity contribution in [1.29, 1.82) is 0 Å². The van der Waals surface area contributed by atoms with Crippen molar-refractivity contribution >= 4 is 28.7 Å². The fourth-order valence-electron chi connectivity index (χ4n) is 5.22. The first-order valence-corrected chi connectivity index (χ1v) is 13.2. The van der Waals surface area contributed by atoms with Gasteiger partial charge in [0, 0.05) is 5.41 Å². The normalized spacial score (nSPS) is 20.0. The van der Waals surface area contributed by atoms with Crippen molar-refractivity contribution in [3.8, 4) is 11.5 Å². The van der Waals surface area contributed by atoms with Crippen molar-refractivity contribution in [3.05, 3.63) is 118 Å². The van der Waals surface area contributed by atoms with Crippen molar-refractivity contribution in [1.82, 2.24) is 4.90 Å². The first-order chi connectivity index (χ1) is 17.7. The van der Waals surface area contributed by atoms with Gasteiger partial charge in [-0.05, 0) is 77.4 Å². The standard InChI is InChI=1S/C31H28N2O2S/c1-34-25-15-11-21(12-16-25)19-24-9-6-10-27-29(24)32-31-33(28(20-36-31)22-7-4-3-5-8-22)30(27)23-13-17-26(35-2)18-14-23/h3-5,7-8,11-20,30H,6,9-10H2,1-2H3/b24-19+/t30-/m1/s1. The molecule has 0 aromatic heterocycles. The lowest BCUT2D eigenvalue weighted by Gasteiger charge is -2.40. The Labute approximate surface area is 216 Å². The number of nitrogens with zero attached hydrogens (tertiary/aromatic N) is 2. The highest BCUT2D eigenvalue weighted by molar-refractivity contribution is 8.16. The van der Waals surface area contributed by atoms with Gasteiger partial charge in [0.25, 0.3) is 0 Å². The average Bonchev–Trinajstić information content (AvgIpc) is 3.37. The van der Waals surface area contributed by atoms with E-state index in [1.165, 1.54) is 33.5 Å². The Kier molecular flexibility index (Phi) is 6.16. The molecule has 6 rings (SSSR count). The molecule has 3 aromatic rings. The zero-order valence-corrected chi connectivity index (χ0v) is 21.3. The molecule has 0 bridgehead atoms. The van der Waals surface area contributed by atoms with Gasteiger partial charge < -0.3 is 14.4 Å². The van der Waals surface area contributed by atoms with Gasteiger partial charge in [0.05, 0.1) is 31.7 Å². The predicted molar refractivity (Wildman–Crippen MR) is 149 cm³/mol. The molecule has 36 heavy (non-hydrogen) atoms. The van der Waals surface area contributed by atoms with E-state index in [-0.39, 0.29) is 6.04 Å². The lowest BCUT2D eigenvalue weighted by Crippen LogP contribution is -2.34. The zero-order chi connectivity index (χ0) is 24.5. The second-order valence-electron chi connectivity index (χ2n) is 9.10. The van der Waals surface area contributed by atoms with Crippen LogP contribution < -0.4 is 9.47 Å². The quantitative estimate of drug-likeness (QED) is 0.366. The highest BCUT2D eigenvalue weighted by Gasteiger charge is 2.40. The second kappa shape index (κ2) is 9.75. The summed E-state index contributed by atoms with van der Waals surface area (Å²) in [6, 6.07) is 27.5. The van der Waals surface area contributed by atoms with E-state index in [0.29, 0.717) is 0 Å². The molecule has 0 saturated heterocycles. The molecule has 1 atom stereocenters. The minimum absolute atomic E-state index is 0.0967. The highest BCUT2D eigenvalue weighted by atomic mass is 32.2. The van der Waals surface area contributed by atoms with Gasteiger partial charge in [-0.2, -0.15) is 0 Å². The summed E-state index contributed by atoms with van der Waals surface area (Å²) in [5.41, 5.74) is 8.69. The number of hydrogen-bond donors (Lipinski definition) is 0. The van der Waals surface area contributed by atoms with Gasteiger partial charge in [0.1, 0.15) is 11.5 Å². The van der Waals surface area contributed by atoms with E-state index >= 15 is 0 Å². The van der Waals surface area contributed by atoms with E-state index in [9.17, 15) is 0 Å². The second-order valence-corrected chi connectivity index (χ2v) is 9.93. The summed E-state index contributed by atoms with van der Waals surface area (Å²) in [7, 11) is 3.41. The van der Waals surface area contributed by atoms with Gasteiger partial charge in [0.15, 0.2) is 5.17 Å². The summed E-state index contributed by atoms with van der Waals surface area (Å²) in [5.74, 6) is 1.74. The third-order valence-corrected chi connectivity index (χ3v) is 7.84. The number of ether oxygens (including phenoxy) is 2. The van der Waals surface area contributed by atoms with Crippen LogP contribution in [0, 0.1) is 0 Å². The number of allylic oxidation sites excluding steroid dienone is 1. The SMILES string of the molecule is COc1ccc(/C=C2\CCCC3=C2N=C2SC=C(c4ccccc4)N2[C@@H]3c2ccc(OC)cc2)cc1. The van der Waals surface area contributed by atoms with Gasteiger partial charge in [-0.3, -0.25) is 0 Å². The number of fused-ring (bicyclic) bond motifs is 1. The maximum absolute atomic E-state index is 5.46. The lowest BCUT2D eigenvalue weighted by atomic mass is 9.82. The summed E-state index contributed by atoms with van der Waals surface area (Å²) in [6.45, 7) is 0. The van der Waals surface area contributed by atoms with Crippen molar-refractivity contribution in [2.75, 3.05) is 14.2 Å². The number of aliphatic imine (C=N–C) groups is 1. The number of amidine groups is 1. The van der Waals surface area contributed by atoms with E-state index in [0.717, 1.165) is 41.6 Å². The molecule has 180 valence electrons. The summed E-state index contributed by atoms with van der Waals surface area (Å²) in [5, 5.41) is 3.28. The monoisotopic (exact) mass is 492 g/mol.